The Morgan fingerprint density at radius 2 is 1.72 bits per heavy atom. The molecule has 5 nitrogen and oxygen atoms in total. The molecule has 0 aromatic heterocycles. The van der Waals surface area contributed by atoms with Crippen LogP contribution in [-0.4, -0.2) is 46.5 Å². The van der Waals surface area contributed by atoms with Crippen molar-refractivity contribution in [1.29, 1.82) is 0 Å². The topological polar surface area (TPSA) is 49.9 Å². The Morgan fingerprint density at radius 3 is 2.41 bits per heavy atom. The van der Waals surface area contributed by atoms with Crippen molar-refractivity contribution in [2.75, 3.05) is 13.1 Å². The second kappa shape index (κ2) is 7.62. The third kappa shape index (κ3) is 3.37. The van der Waals surface area contributed by atoms with Crippen molar-refractivity contribution < 1.29 is 27.5 Å². The van der Waals surface area contributed by atoms with Gasteiger partial charge in [-0.3, -0.25) is 9.59 Å². The quantitative estimate of drug-likeness (QED) is 0.701. The number of piperidine rings is 1. The molecule has 3 saturated heterocycles. The second-order valence-corrected chi connectivity index (χ2v) is 8.85. The summed E-state index contributed by atoms with van der Waals surface area (Å²) < 4.78 is 47.8. The maximum atomic E-state index is 14.2. The van der Waals surface area contributed by atoms with E-state index < -0.39 is 41.2 Å². The number of carbonyl (C=O) groups excluding carboxylic acids is 2. The molecular formula is C24H23F3N2O3. The molecule has 3 aliphatic heterocycles. The fourth-order valence-electron chi connectivity index (χ4n) is 5.18. The maximum Gasteiger partial charge on any atom is 0.257 e. The molecule has 5 rings (SSSR count). The van der Waals surface area contributed by atoms with Crippen molar-refractivity contribution >= 4 is 11.8 Å². The van der Waals surface area contributed by atoms with Crippen molar-refractivity contribution in [1.82, 2.24) is 9.80 Å². The van der Waals surface area contributed by atoms with Crippen LogP contribution in [0.2, 0.25) is 0 Å². The largest absolute Gasteiger partial charge is 0.342 e. The minimum absolute atomic E-state index is 0.0217. The van der Waals surface area contributed by atoms with Crippen LogP contribution in [0.4, 0.5) is 13.2 Å². The van der Waals surface area contributed by atoms with Crippen LogP contribution in [0.3, 0.4) is 0 Å². The van der Waals surface area contributed by atoms with Gasteiger partial charge in [-0.05, 0) is 49.6 Å². The molecule has 32 heavy (non-hydrogen) atoms. The van der Waals surface area contributed by atoms with Gasteiger partial charge < -0.3 is 14.5 Å². The van der Waals surface area contributed by atoms with Crippen LogP contribution >= 0.6 is 0 Å². The van der Waals surface area contributed by atoms with Gasteiger partial charge >= 0.3 is 0 Å². The molecule has 3 fully saturated rings. The van der Waals surface area contributed by atoms with Crippen LogP contribution in [0.25, 0.3) is 0 Å². The van der Waals surface area contributed by atoms with E-state index in [0.29, 0.717) is 31.2 Å². The number of fused-ring (bicyclic) bond motifs is 1. The normalized spacial score (nSPS) is 24.3. The molecule has 2 amide bonds. The number of amides is 2. The van der Waals surface area contributed by atoms with Gasteiger partial charge in [0, 0.05) is 32.0 Å². The van der Waals surface area contributed by atoms with Crippen LogP contribution in [0.15, 0.2) is 36.4 Å². The molecule has 2 atom stereocenters. The number of hydrogen-bond acceptors (Lipinski definition) is 3. The number of nitrogens with zero attached hydrogens (tertiary/aromatic N) is 2. The van der Waals surface area contributed by atoms with E-state index in [4.69, 9.17) is 4.74 Å². The Morgan fingerprint density at radius 1 is 1.03 bits per heavy atom. The van der Waals surface area contributed by atoms with Crippen LogP contribution in [0.1, 0.15) is 53.2 Å². The number of rotatable bonds is 2. The minimum atomic E-state index is -1.06. The fraction of sp³-hybridized carbons (Fsp3) is 0.417. The minimum Gasteiger partial charge on any atom is -0.342 e. The molecule has 0 radical (unpaired) electrons. The third-order valence-corrected chi connectivity index (χ3v) is 6.80. The molecule has 0 N–H and O–H groups in total. The predicted molar refractivity (Wildman–Crippen MR) is 109 cm³/mol. The Kier molecular flexibility index (Phi) is 5.00. The van der Waals surface area contributed by atoms with Gasteiger partial charge in [-0.25, -0.2) is 13.2 Å². The predicted octanol–water partition coefficient (Wildman–Crippen LogP) is 4.11. The zero-order chi connectivity index (χ0) is 22.6. The zero-order valence-corrected chi connectivity index (χ0v) is 17.6. The van der Waals surface area contributed by atoms with Gasteiger partial charge in [0.15, 0.2) is 5.60 Å². The SMILES string of the molecule is Cc1ccc(F)c(C(=O)N2CCC3(CC2)O[C@@H]2CC[C@@H](c4cc(F)cc(F)c4)N2C3=O)c1. The lowest BCUT2D eigenvalue weighted by Crippen LogP contribution is -2.51. The Hall–Kier alpha value is -2.87. The first-order valence-corrected chi connectivity index (χ1v) is 10.8. The van der Waals surface area contributed by atoms with E-state index in [1.165, 1.54) is 24.3 Å². The number of carbonyl (C=O) groups is 2. The molecule has 3 heterocycles. The number of hydrogen-bond donors (Lipinski definition) is 0. The van der Waals surface area contributed by atoms with E-state index in [1.54, 1.807) is 22.8 Å². The molecule has 3 aliphatic rings. The lowest BCUT2D eigenvalue weighted by molar-refractivity contribution is -0.142. The molecule has 0 bridgehead atoms. The van der Waals surface area contributed by atoms with Gasteiger partial charge in [-0.15, -0.1) is 0 Å². The fourth-order valence-corrected chi connectivity index (χ4v) is 5.18. The lowest BCUT2D eigenvalue weighted by Gasteiger charge is -2.37. The first-order valence-electron chi connectivity index (χ1n) is 10.8. The van der Waals surface area contributed by atoms with Crippen molar-refractivity contribution in [2.24, 2.45) is 0 Å². The Bertz CT molecular complexity index is 1080. The smallest absolute Gasteiger partial charge is 0.257 e. The van der Waals surface area contributed by atoms with Gasteiger partial charge in [0.2, 0.25) is 0 Å². The summed E-state index contributed by atoms with van der Waals surface area (Å²) in [6, 6.07) is 7.29. The number of likely N-dealkylation sites (tertiary alicyclic amines) is 1. The van der Waals surface area contributed by atoms with Gasteiger partial charge in [-0.1, -0.05) is 11.6 Å². The summed E-state index contributed by atoms with van der Waals surface area (Å²) in [4.78, 5) is 29.4. The van der Waals surface area contributed by atoms with Crippen LogP contribution < -0.4 is 0 Å². The summed E-state index contributed by atoms with van der Waals surface area (Å²) in [7, 11) is 0. The molecule has 0 saturated carbocycles. The Labute approximate surface area is 183 Å². The van der Waals surface area contributed by atoms with E-state index in [2.05, 4.69) is 0 Å². The number of ether oxygens (including phenoxy) is 1. The van der Waals surface area contributed by atoms with Crippen LogP contribution in [0, 0.1) is 24.4 Å². The summed E-state index contributed by atoms with van der Waals surface area (Å²) in [5.41, 5.74) is 0.171. The summed E-state index contributed by atoms with van der Waals surface area (Å²) in [6.07, 6.45) is 1.28. The molecular weight excluding hydrogens is 421 g/mol. The molecule has 2 aromatic rings. The van der Waals surface area contributed by atoms with Crippen molar-refractivity contribution in [2.45, 2.75) is 50.5 Å². The first-order chi connectivity index (χ1) is 15.3. The van der Waals surface area contributed by atoms with E-state index in [9.17, 15) is 22.8 Å². The maximum absolute atomic E-state index is 14.2. The molecule has 168 valence electrons. The van der Waals surface area contributed by atoms with Crippen molar-refractivity contribution in [3.05, 3.63) is 70.5 Å². The highest BCUT2D eigenvalue weighted by Gasteiger charge is 2.58. The van der Waals surface area contributed by atoms with E-state index >= 15 is 0 Å². The van der Waals surface area contributed by atoms with Gasteiger partial charge in [-0.2, -0.15) is 0 Å². The van der Waals surface area contributed by atoms with E-state index in [-0.39, 0.29) is 24.6 Å². The zero-order valence-electron chi connectivity index (χ0n) is 17.6. The average Bonchev–Trinajstić information content (AvgIpc) is 3.27. The monoisotopic (exact) mass is 444 g/mol. The summed E-state index contributed by atoms with van der Waals surface area (Å²) in [6.45, 7) is 2.32. The highest BCUT2D eigenvalue weighted by molar-refractivity contribution is 5.95. The van der Waals surface area contributed by atoms with Crippen molar-refractivity contribution in [3.63, 3.8) is 0 Å². The molecule has 2 aromatic carbocycles. The van der Waals surface area contributed by atoms with Crippen LogP contribution in [0.5, 0.6) is 0 Å². The standard InChI is InChI=1S/C24H23F3N2O3/c1-14-2-3-19(27)18(10-14)22(30)28-8-6-24(7-9-28)23(31)29-20(4-5-21(29)32-24)15-11-16(25)13-17(26)12-15/h2-3,10-13,20-21H,4-9H2,1H3/t20-,21+/m0/s1. The summed E-state index contributed by atoms with van der Waals surface area (Å²) >= 11 is 0. The first kappa shape index (κ1) is 21.0. The van der Waals surface area contributed by atoms with Crippen molar-refractivity contribution in [3.8, 4) is 0 Å². The van der Waals surface area contributed by atoms with Gasteiger partial charge in [0.05, 0.1) is 11.6 Å². The third-order valence-electron chi connectivity index (χ3n) is 6.80. The lowest BCUT2D eigenvalue weighted by atomic mass is 9.89. The Balaban J connectivity index is 1.32. The highest BCUT2D eigenvalue weighted by atomic mass is 19.1. The van der Waals surface area contributed by atoms with Crippen LogP contribution in [-0.2, 0) is 9.53 Å². The summed E-state index contributed by atoms with van der Waals surface area (Å²) in [5.74, 6) is -2.54. The number of halogens is 3. The molecule has 0 aliphatic carbocycles. The summed E-state index contributed by atoms with van der Waals surface area (Å²) in [5, 5.41) is 0. The number of aryl methyl sites for hydroxylation is 1. The van der Waals surface area contributed by atoms with Gasteiger partial charge in [0.1, 0.15) is 23.7 Å². The van der Waals surface area contributed by atoms with E-state index in [0.717, 1.165) is 11.6 Å². The molecule has 0 unspecified atom stereocenters. The average molecular weight is 444 g/mol. The van der Waals surface area contributed by atoms with Gasteiger partial charge in [0.25, 0.3) is 11.8 Å². The number of benzene rings is 2. The molecule has 1 spiro atoms. The molecule has 8 heteroatoms. The second-order valence-electron chi connectivity index (χ2n) is 8.85. The highest BCUT2D eigenvalue weighted by Crippen LogP contribution is 2.47. The van der Waals surface area contributed by atoms with E-state index in [1.807, 2.05) is 0 Å².